The Bertz CT molecular complexity index is 304. The third kappa shape index (κ3) is 3.12. The third-order valence-corrected chi connectivity index (χ3v) is 3.44. The quantitative estimate of drug-likeness (QED) is 0.793. The molecule has 0 atom stereocenters. The summed E-state index contributed by atoms with van der Waals surface area (Å²) < 4.78 is 5.59. The van der Waals surface area contributed by atoms with Crippen LogP contribution in [0.1, 0.15) is 22.5 Å². The predicted octanol–water partition coefficient (Wildman–Crippen LogP) is 1.70. The molecule has 4 heteroatoms. The van der Waals surface area contributed by atoms with Gasteiger partial charge in [-0.2, -0.15) is 0 Å². The van der Waals surface area contributed by atoms with Crippen molar-refractivity contribution in [2.45, 2.75) is 18.9 Å². The van der Waals surface area contributed by atoms with Crippen molar-refractivity contribution in [3.8, 4) is 0 Å². The normalized spacial score (nSPS) is 17.9. The molecule has 82 valence electrons. The number of carbonyl (C=O) groups excluding carboxylic acids is 1. The van der Waals surface area contributed by atoms with Gasteiger partial charge in [-0.25, -0.2) is 0 Å². The maximum absolute atomic E-state index is 11.6. The molecule has 1 aliphatic rings. The van der Waals surface area contributed by atoms with Gasteiger partial charge in [0.05, 0.1) is 11.0 Å². The van der Waals surface area contributed by atoms with Crippen molar-refractivity contribution < 1.29 is 9.53 Å². The Hall–Kier alpha value is -0.710. The zero-order valence-electron chi connectivity index (χ0n) is 8.57. The molecular weight excluding hydrogens is 210 g/mol. The first-order valence-corrected chi connectivity index (χ1v) is 6.13. The summed E-state index contributed by atoms with van der Waals surface area (Å²) in [6, 6.07) is 3.74. The highest BCUT2D eigenvalue weighted by Gasteiger charge is 2.15. The molecule has 0 spiro atoms. The first-order valence-electron chi connectivity index (χ1n) is 5.25. The fraction of sp³-hybridized carbons (Fsp3) is 0.545. The Labute approximate surface area is 93.4 Å². The average Bonchev–Trinajstić information content (AvgIpc) is 2.81. The Morgan fingerprint density at radius 3 is 3.00 bits per heavy atom. The fourth-order valence-corrected chi connectivity index (χ4v) is 2.32. The van der Waals surface area contributed by atoms with Crippen LogP contribution >= 0.6 is 11.3 Å². The second kappa shape index (κ2) is 5.39. The summed E-state index contributed by atoms with van der Waals surface area (Å²) in [6.07, 6.45) is 2.28. The summed E-state index contributed by atoms with van der Waals surface area (Å²) in [5.41, 5.74) is 0. The SMILES string of the molecule is O=C(COC1CCNCC1)c1cccs1. The minimum absolute atomic E-state index is 0.100. The number of rotatable bonds is 4. The van der Waals surface area contributed by atoms with Gasteiger partial charge in [-0.3, -0.25) is 4.79 Å². The molecule has 1 N–H and O–H groups in total. The summed E-state index contributed by atoms with van der Waals surface area (Å²) in [7, 11) is 0. The van der Waals surface area contributed by atoms with E-state index in [1.807, 2.05) is 17.5 Å². The Morgan fingerprint density at radius 1 is 1.53 bits per heavy atom. The molecule has 1 aromatic heterocycles. The van der Waals surface area contributed by atoms with Crippen molar-refractivity contribution in [3.63, 3.8) is 0 Å². The largest absolute Gasteiger partial charge is 0.370 e. The molecule has 0 radical (unpaired) electrons. The standard InChI is InChI=1S/C11H15NO2S/c13-10(11-2-1-7-15-11)8-14-9-3-5-12-6-4-9/h1-2,7,9,12H,3-6,8H2. The van der Waals surface area contributed by atoms with Gasteiger partial charge < -0.3 is 10.1 Å². The minimum Gasteiger partial charge on any atom is -0.370 e. The van der Waals surface area contributed by atoms with Crippen LogP contribution in [0, 0.1) is 0 Å². The summed E-state index contributed by atoms with van der Waals surface area (Å²) in [5.74, 6) is 0.100. The maximum atomic E-state index is 11.6. The molecule has 3 nitrogen and oxygen atoms in total. The van der Waals surface area contributed by atoms with E-state index in [1.54, 1.807) is 0 Å². The van der Waals surface area contributed by atoms with Crippen LogP contribution in [0.4, 0.5) is 0 Å². The lowest BCUT2D eigenvalue weighted by Crippen LogP contribution is -2.33. The molecule has 1 aliphatic heterocycles. The molecule has 0 unspecified atom stereocenters. The van der Waals surface area contributed by atoms with Gasteiger partial charge in [0.1, 0.15) is 6.61 Å². The molecular formula is C11H15NO2S. The number of nitrogens with one attached hydrogen (secondary N) is 1. The number of hydrogen-bond acceptors (Lipinski definition) is 4. The smallest absolute Gasteiger partial charge is 0.198 e. The van der Waals surface area contributed by atoms with Crippen LogP contribution in [0.3, 0.4) is 0 Å². The molecule has 0 saturated carbocycles. The topological polar surface area (TPSA) is 38.3 Å². The molecule has 1 aromatic rings. The average molecular weight is 225 g/mol. The number of thiophene rings is 1. The summed E-state index contributed by atoms with van der Waals surface area (Å²) in [4.78, 5) is 12.4. The first-order chi connectivity index (χ1) is 7.36. The fourth-order valence-electron chi connectivity index (χ4n) is 1.66. The second-order valence-electron chi connectivity index (χ2n) is 3.66. The highest BCUT2D eigenvalue weighted by Crippen LogP contribution is 2.12. The molecule has 2 heterocycles. The van der Waals surface area contributed by atoms with E-state index in [9.17, 15) is 4.79 Å². The number of hydrogen-bond donors (Lipinski definition) is 1. The molecule has 0 aromatic carbocycles. The minimum atomic E-state index is 0.100. The molecule has 2 rings (SSSR count). The van der Waals surface area contributed by atoms with Gasteiger partial charge in [-0.05, 0) is 37.4 Å². The van der Waals surface area contributed by atoms with Gasteiger partial charge in [0.2, 0.25) is 0 Å². The summed E-state index contributed by atoms with van der Waals surface area (Å²) in [6.45, 7) is 2.22. The molecule has 15 heavy (non-hydrogen) atoms. The molecule has 0 aliphatic carbocycles. The summed E-state index contributed by atoms with van der Waals surface area (Å²) in [5, 5.41) is 5.18. The van der Waals surface area contributed by atoms with Crippen LogP contribution in [0.5, 0.6) is 0 Å². The second-order valence-corrected chi connectivity index (χ2v) is 4.61. The first kappa shape index (κ1) is 10.8. The van der Waals surface area contributed by atoms with E-state index in [4.69, 9.17) is 4.74 Å². The van der Waals surface area contributed by atoms with E-state index in [1.165, 1.54) is 11.3 Å². The van der Waals surface area contributed by atoms with Gasteiger partial charge in [0.15, 0.2) is 5.78 Å². The number of Topliss-reactive ketones (excluding diaryl/α,β-unsaturated/α-hetero) is 1. The third-order valence-electron chi connectivity index (χ3n) is 2.53. The van der Waals surface area contributed by atoms with Crippen LogP contribution < -0.4 is 5.32 Å². The number of ether oxygens (including phenoxy) is 1. The monoisotopic (exact) mass is 225 g/mol. The van der Waals surface area contributed by atoms with E-state index >= 15 is 0 Å². The lowest BCUT2D eigenvalue weighted by Gasteiger charge is -2.22. The van der Waals surface area contributed by atoms with Gasteiger partial charge in [0, 0.05) is 0 Å². The van der Waals surface area contributed by atoms with E-state index in [2.05, 4.69) is 5.32 Å². The molecule has 1 fully saturated rings. The van der Waals surface area contributed by atoms with Crippen LogP contribution in [0.2, 0.25) is 0 Å². The van der Waals surface area contributed by atoms with Gasteiger partial charge in [-0.15, -0.1) is 11.3 Å². The molecule has 1 saturated heterocycles. The van der Waals surface area contributed by atoms with Crippen molar-refractivity contribution in [1.29, 1.82) is 0 Å². The van der Waals surface area contributed by atoms with E-state index in [0.29, 0.717) is 0 Å². The van der Waals surface area contributed by atoms with Gasteiger partial charge in [-0.1, -0.05) is 6.07 Å². The number of ketones is 1. The number of piperidine rings is 1. The Balaban J connectivity index is 1.75. The van der Waals surface area contributed by atoms with Crippen LogP contribution in [-0.4, -0.2) is 31.6 Å². The number of carbonyl (C=O) groups is 1. The van der Waals surface area contributed by atoms with Crippen LogP contribution in [-0.2, 0) is 4.74 Å². The van der Waals surface area contributed by atoms with Crippen molar-refractivity contribution in [1.82, 2.24) is 5.32 Å². The lowest BCUT2D eigenvalue weighted by molar-refractivity contribution is 0.0320. The summed E-state index contributed by atoms with van der Waals surface area (Å²) >= 11 is 1.48. The predicted molar refractivity (Wildman–Crippen MR) is 60.5 cm³/mol. The Morgan fingerprint density at radius 2 is 2.33 bits per heavy atom. The Kier molecular flexibility index (Phi) is 3.88. The van der Waals surface area contributed by atoms with E-state index < -0.39 is 0 Å². The van der Waals surface area contributed by atoms with Crippen molar-refractivity contribution in [3.05, 3.63) is 22.4 Å². The van der Waals surface area contributed by atoms with Gasteiger partial charge in [0.25, 0.3) is 0 Å². The maximum Gasteiger partial charge on any atom is 0.198 e. The van der Waals surface area contributed by atoms with E-state index in [-0.39, 0.29) is 18.5 Å². The lowest BCUT2D eigenvalue weighted by atomic mass is 10.1. The van der Waals surface area contributed by atoms with Crippen molar-refractivity contribution >= 4 is 17.1 Å². The molecule has 0 amide bonds. The van der Waals surface area contributed by atoms with Crippen molar-refractivity contribution in [2.75, 3.05) is 19.7 Å². The van der Waals surface area contributed by atoms with E-state index in [0.717, 1.165) is 30.8 Å². The van der Waals surface area contributed by atoms with Gasteiger partial charge >= 0.3 is 0 Å². The zero-order chi connectivity index (χ0) is 10.5. The highest BCUT2D eigenvalue weighted by molar-refractivity contribution is 7.12. The molecule has 0 bridgehead atoms. The van der Waals surface area contributed by atoms with Crippen LogP contribution in [0.15, 0.2) is 17.5 Å². The highest BCUT2D eigenvalue weighted by atomic mass is 32.1. The van der Waals surface area contributed by atoms with Crippen LogP contribution in [0.25, 0.3) is 0 Å². The zero-order valence-corrected chi connectivity index (χ0v) is 9.39. The van der Waals surface area contributed by atoms with Crippen molar-refractivity contribution in [2.24, 2.45) is 0 Å².